The molecular weight excluding hydrogens is 374 g/mol. The first-order valence-electron chi connectivity index (χ1n) is 9.55. The maximum absolute atomic E-state index is 12.2. The Morgan fingerprint density at radius 2 is 1.83 bits per heavy atom. The number of ether oxygens (including phenoxy) is 1. The highest BCUT2D eigenvalue weighted by molar-refractivity contribution is 5.92. The molecule has 0 aromatic heterocycles. The Bertz CT molecular complexity index is 876. The van der Waals surface area contributed by atoms with Gasteiger partial charge in [0.2, 0.25) is 5.91 Å². The molecule has 0 radical (unpaired) electrons. The van der Waals surface area contributed by atoms with Crippen LogP contribution in [0.4, 0.5) is 11.4 Å². The summed E-state index contributed by atoms with van der Waals surface area (Å²) < 4.78 is 5.33. The molecule has 8 nitrogen and oxygen atoms in total. The highest BCUT2D eigenvalue weighted by Crippen LogP contribution is 2.26. The number of nitro benzene ring substituents is 1. The quantitative estimate of drug-likeness (QED) is 0.524. The van der Waals surface area contributed by atoms with Crippen LogP contribution in [-0.4, -0.2) is 23.3 Å². The summed E-state index contributed by atoms with van der Waals surface area (Å²) in [6, 6.07) is 12.9. The Morgan fingerprint density at radius 1 is 1.10 bits per heavy atom. The minimum atomic E-state index is -0.499. The number of carbonyl (C=O) groups excluding carboxylic acids is 2. The van der Waals surface area contributed by atoms with Gasteiger partial charge in [0, 0.05) is 30.3 Å². The standard InChI is InChI=1S/C21H23N3O5/c25-20(14-29-19-10-8-18(9-11-19)24(27)28)22-13-15-4-3-7-17(12-15)23-21(26)16-5-1-2-6-16/h3-4,7-12,16H,1-2,5-6,13-14H2,(H,22,25)(H,23,26). The molecule has 8 heteroatoms. The van der Waals surface area contributed by atoms with E-state index in [-0.39, 0.29) is 30.0 Å². The Kier molecular flexibility index (Phi) is 6.78. The summed E-state index contributed by atoms with van der Waals surface area (Å²) in [5.74, 6) is 0.209. The third-order valence-electron chi connectivity index (χ3n) is 4.83. The predicted octanol–water partition coefficient (Wildman–Crippen LogP) is 3.42. The van der Waals surface area contributed by atoms with Crippen molar-refractivity contribution in [1.82, 2.24) is 5.32 Å². The first-order valence-corrected chi connectivity index (χ1v) is 9.55. The highest BCUT2D eigenvalue weighted by Gasteiger charge is 2.22. The van der Waals surface area contributed by atoms with E-state index in [1.807, 2.05) is 24.3 Å². The fourth-order valence-electron chi connectivity index (χ4n) is 3.26. The smallest absolute Gasteiger partial charge is 0.269 e. The van der Waals surface area contributed by atoms with Gasteiger partial charge in [-0.2, -0.15) is 0 Å². The fraction of sp³-hybridized carbons (Fsp3) is 0.333. The van der Waals surface area contributed by atoms with E-state index in [0.717, 1.165) is 36.9 Å². The van der Waals surface area contributed by atoms with Gasteiger partial charge in [0.15, 0.2) is 6.61 Å². The zero-order chi connectivity index (χ0) is 20.6. The SMILES string of the molecule is O=C(COc1ccc([N+](=O)[O-])cc1)NCc1cccc(NC(=O)C2CCCC2)c1. The molecule has 0 heterocycles. The maximum Gasteiger partial charge on any atom is 0.269 e. The topological polar surface area (TPSA) is 111 Å². The van der Waals surface area contributed by atoms with Gasteiger partial charge >= 0.3 is 0 Å². The summed E-state index contributed by atoms with van der Waals surface area (Å²) in [4.78, 5) is 34.3. The number of benzene rings is 2. The van der Waals surface area contributed by atoms with Crippen LogP contribution in [-0.2, 0) is 16.1 Å². The van der Waals surface area contributed by atoms with Crippen LogP contribution in [0.5, 0.6) is 5.75 Å². The summed E-state index contributed by atoms with van der Waals surface area (Å²) >= 11 is 0. The molecule has 2 aromatic carbocycles. The van der Waals surface area contributed by atoms with Gasteiger partial charge in [0.1, 0.15) is 5.75 Å². The highest BCUT2D eigenvalue weighted by atomic mass is 16.6. The molecular formula is C21H23N3O5. The van der Waals surface area contributed by atoms with Gasteiger partial charge in [-0.1, -0.05) is 25.0 Å². The van der Waals surface area contributed by atoms with Crippen molar-refractivity contribution >= 4 is 23.2 Å². The summed E-state index contributed by atoms with van der Waals surface area (Å²) in [6.07, 6.45) is 4.09. The third-order valence-corrected chi connectivity index (χ3v) is 4.83. The van der Waals surface area contributed by atoms with E-state index in [1.165, 1.54) is 24.3 Å². The number of anilines is 1. The van der Waals surface area contributed by atoms with Gasteiger partial charge in [-0.3, -0.25) is 19.7 Å². The van der Waals surface area contributed by atoms with Gasteiger partial charge in [-0.25, -0.2) is 0 Å². The molecule has 2 aromatic rings. The van der Waals surface area contributed by atoms with Crippen molar-refractivity contribution in [2.45, 2.75) is 32.2 Å². The molecule has 0 unspecified atom stereocenters. The summed E-state index contributed by atoms with van der Waals surface area (Å²) in [5.41, 5.74) is 1.54. The van der Waals surface area contributed by atoms with E-state index < -0.39 is 4.92 Å². The first kappa shape index (κ1) is 20.3. The Morgan fingerprint density at radius 3 is 2.52 bits per heavy atom. The van der Waals surface area contributed by atoms with Crippen molar-refractivity contribution in [2.24, 2.45) is 5.92 Å². The number of nitro groups is 1. The number of hydrogen-bond acceptors (Lipinski definition) is 5. The normalized spacial score (nSPS) is 13.7. The molecule has 29 heavy (non-hydrogen) atoms. The van der Waals surface area contributed by atoms with Crippen molar-refractivity contribution in [3.63, 3.8) is 0 Å². The molecule has 1 fully saturated rings. The molecule has 1 aliphatic carbocycles. The van der Waals surface area contributed by atoms with Gasteiger partial charge in [-0.05, 0) is 42.7 Å². The summed E-state index contributed by atoms with van der Waals surface area (Å²) in [7, 11) is 0. The Hall–Kier alpha value is -3.42. The minimum Gasteiger partial charge on any atom is -0.484 e. The van der Waals surface area contributed by atoms with Crippen molar-refractivity contribution in [2.75, 3.05) is 11.9 Å². The number of rotatable bonds is 8. The molecule has 2 amide bonds. The Balaban J connectivity index is 1.44. The second-order valence-corrected chi connectivity index (χ2v) is 6.99. The van der Waals surface area contributed by atoms with Crippen LogP contribution < -0.4 is 15.4 Å². The van der Waals surface area contributed by atoms with Gasteiger partial charge in [0.25, 0.3) is 11.6 Å². The van der Waals surface area contributed by atoms with Crippen LogP contribution in [0.3, 0.4) is 0 Å². The Labute approximate surface area is 168 Å². The zero-order valence-corrected chi connectivity index (χ0v) is 15.9. The average molecular weight is 397 g/mol. The van der Waals surface area contributed by atoms with Gasteiger partial charge < -0.3 is 15.4 Å². The lowest BCUT2D eigenvalue weighted by atomic mass is 10.1. The average Bonchev–Trinajstić information content (AvgIpc) is 3.26. The lowest BCUT2D eigenvalue weighted by molar-refractivity contribution is -0.384. The van der Waals surface area contributed by atoms with E-state index in [2.05, 4.69) is 10.6 Å². The number of non-ortho nitro benzene ring substituents is 1. The predicted molar refractivity (Wildman–Crippen MR) is 107 cm³/mol. The lowest BCUT2D eigenvalue weighted by Crippen LogP contribution is -2.28. The molecule has 1 saturated carbocycles. The first-order chi connectivity index (χ1) is 14.0. The molecule has 0 aliphatic heterocycles. The monoisotopic (exact) mass is 397 g/mol. The van der Waals surface area contributed by atoms with Crippen LogP contribution in [0.25, 0.3) is 0 Å². The van der Waals surface area contributed by atoms with Gasteiger partial charge in [0.05, 0.1) is 4.92 Å². The number of nitrogens with zero attached hydrogens (tertiary/aromatic N) is 1. The van der Waals surface area contributed by atoms with Gasteiger partial charge in [-0.15, -0.1) is 0 Å². The lowest BCUT2D eigenvalue weighted by Gasteiger charge is -2.12. The molecule has 152 valence electrons. The molecule has 0 spiro atoms. The van der Waals surface area contributed by atoms with E-state index >= 15 is 0 Å². The van der Waals surface area contributed by atoms with E-state index in [0.29, 0.717) is 12.3 Å². The van der Waals surface area contributed by atoms with Crippen LogP contribution in [0, 0.1) is 16.0 Å². The number of hydrogen-bond donors (Lipinski definition) is 2. The summed E-state index contributed by atoms with van der Waals surface area (Å²) in [6.45, 7) is 0.103. The number of carbonyl (C=O) groups is 2. The van der Waals surface area contributed by atoms with E-state index in [4.69, 9.17) is 4.74 Å². The van der Waals surface area contributed by atoms with Crippen LogP contribution in [0.1, 0.15) is 31.2 Å². The molecule has 0 bridgehead atoms. The second-order valence-electron chi connectivity index (χ2n) is 6.99. The van der Waals surface area contributed by atoms with Crippen LogP contribution in [0.15, 0.2) is 48.5 Å². The number of amides is 2. The largest absolute Gasteiger partial charge is 0.484 e. The molecule has 2 N–H and O–H groups in total. The molecule has 0 atom stereocenters. The fourth-order valence-corrected chi connectivity index (χ4v) is 3.26. The molecule has 0 saturated heterocycles. The summed E-state index contributed by atoms with van der Waals surface area (Å²) in [5, 5.41) is 16.3. The van der Waals surface area contributed by atoms with Crippen molar-refractivity contribution in [3.05, 3.63) is 64.2 Å². The van der Waals surface area contributed by atoms with Crippen molar-refractivity contribution in [3.8, 4) is 5.75 Å². The van der Waals surface area contributed by atoms with E-state index in [1.54, 1.807) is 0 Å². The molecule has 1 aliphatic rings. The van der Waals surface area contributed by atoms with Crippen LogP contribution in [0.2, 0.25) is 0 Å². The van der Waals surface area contributed by atoms with E-state index in [9.17, 15) is 19.7 Å². The zero-order valence-electron chi connectivity index (χ0n) is 15.9. The maximum atomic E-state index is 12.2. The number of nitrogens with one attached hydrogen (secondary N) is 2. The van der Waals surface area contributed by atoms with Crippen molar-refractivity contribution in [1.29, 1.82) is 0 Å². The second kappa shape index (κ2) is 9.68. The van der Waals surface area contributed by atoms with Crippen molar-refractivity contribution < 1.29 is 19.2 Å². The minimum absolute atomic E-state index is 0.0401. The molecule has 3 rings (SSSR count). The third kappa shape index (κ3) is 6.03. The van der Waals surface area contributed by atoms with Crippen LogP contribution >= 0.6 is 0 Å².